The molecule has 8 nitrogen and oxygen atoms in total. The molecule has 1 unspecified atom stereocenters. The molecule has 4 rings (SSSR count). The predicted molar refractivity (Wildman–Crippen MR) is 142 cm³/mol. The molecule has 0 bridgehead atoms. The minimum absolute atomic E-state index is 0.0833. The van der Waals surface area contributed by atoms with E-state index in [1.54, 1.807) is 50.4 Å². The highest BCUT2D eigenvalue weighted by molar-refractivity contribution is 7.07. The van der Waals surface area contributed by atoms with E-state index in [-0.39, 0.29) is 24.3 Å². The lowest BCUT2D eigenvalue weighted by Crippen LogP contribution is -2.40. The highest BCUT2D eigenvalue weighted by atomic mass is 35.5. The summed E-state index contributed by atoms with van der Waals surface area (Å²) in [7, 11) is 3.09. The van der Waals surface area contributed by atoms with E-state index < -0.39 is 12.0 Å². The van der Waals surface area contributed by atoms with Crippen molar-refractivity contribution in [2.75, 3.05) is 34.0 Å². The van der Waals surface area contributed by atoms with Crippen LogP contribution in [-0.2, 0) is 14.3 Å². The van der Waals surface area contributed by atoms with Gasteiger partial charge in [0.25, 0.3) is 5.56 Å². The Labute approximate surface area is 223 Å². The fourth-order valence-corrected chi connectivity index (χ4v) is 5.25. The van der Waals surface area contributed by atoms with E-state index in [0.717, 1.165) is 0 Å². The summed E-state index contributed by atoms with van der Waals surface area (Å²) in [5.74, 6) is 0.560. The Kier molecular flexibility index (Phi) is 8.48. The van der Waals surface area contributed by atoms with Crippen LogP contribution in [0.1, 0.15) is 31.0 Å². The second-order valence-electron chi connectivity index (χ2n) is 8.07. The van der Waals surface area contributed by atoms with Gasteiger partial charge in [-0.3, -0.25) is 9.36 Å². The van der Waals surface area contributed by atoms with E-state index in [1.165, 1.54) is 23.0 Å². The Morgan fingerprint density at radius 1 is 1.16 bits per heavy atom. The normalized spacial score (nSPS) is 15.3. The summed E-state index contributed by atoms with van der Waals surface area (Å²) in [5, 5.41) is 0.544. The third-order valence-corrected chi connectivity index (χ3v) is 6.99. The minimum atomic E-state index is -0.734. The van der Waals surface area contributed by atoms with Crippen LogP contribution in [0.5, 0.6) is 11.5 Å². The number of thiazole rings is 1. The Bertz CT molecular complexity index is 1510. The van der Waals surface area contributed by atoms with Gasteiger partial charge in [0.15, 0.2) is 16.3 Å². The number of aromatic nitrogens is 1. The van der Waals surface area contributed by atoms with E-state index in [0.29, 0.717) is 49.3 Å². The fraction of sp³-hybridized carbons (Fsp3) is 0.296. The maximum absolute atomic E-state index is 13.8. The molecule has 1 aromatic heterocycles. The topological polar surface area (TPSA) is 88.4 Å². The average Bonchev–Trinajstić information content (AvgIpc) is 3.19. The van der Waals surface area contributed by atoms with E-state index in [9.17, 15) is 9.59 Å². The fourth-order valence-electron chi connectivity index (χ4n) is 4.09. The smallest absolute Gasteiger partial charge is 0.338 e. The standard InChI is InChI=1S/C27H27ClN2O6S/c1-5-35-24-18(7-6-8-20(24)34-4)15-21-25(31)30-23(17-9-11-19(28)12-10-17)22(16(2)29-27(30)37-21)26(32)36-14-13-33-3/h6-12,15,23H,5,13-14H2,1-4H3. The Hall–Kier alpha value is -3.40. The van der Waals surface area contributed by atoms with Crippen molar-refractivity contribution >= 4 is 35.0 Å². The van der Waals surface area contributed by atoms with Crippen LogP contribution in [0.3, 0.4) is 0 Å². The molecule has 0 saturated heterocycles. The number of hydrogen-bond donors (Lipinski definition) is 0. The van der Waals surface area contributed by atoms with Crippen LogP contribution in [0.25, 0.3) is 6.08 Å². The number of benzene rings is 2. The number of fused-ring (bicyclic) bond motifs is 1. The minimum Gasteiger partial charge on any atom is -0.493 e. The van der Waals surface area contributed by atoms with Gasteiger partial charge in [-0.2, -0.15) is 0 Å². The first-order chi connectivity index (χ1) is 17.9. The zero-order valence-corrected chi connectivity index (χ0v) is 22.5. The number of carbonyl (C=O) groups is 1. The monoisotopic (exact) mass is 542 g/mol. The predicted octanol–water partition coefficient (Wildman–Crippen LogP) is 3.49. The SMILES string of the molecule is CCOc1c(C=c2sc3n(c2=O)C(c2ccc(Cl)cc2)C(C(=O)OCCOC)=C(C)N=3)cccc1OC. The van der Waals surface area contributed by atoms with Gasteiger partial charge in [-0.15, -0.1) is 0 Å². The zero-order chi connectivity index (χ0) is 26.5. The molecule has 0 fully saturated rings. The van der Waals surface area contributed by atoms with Gasteiger partial charge in [-0.05, 0) is 43.7 Å². The van der Waals surface area contributed by atoms with E-state index in [1.807, 2.05) is 19.1 Å². The number of nitrogens with zero attached hydrogens (tertiary/aromatic N) is 2. The van der Waals surface area contributed by atoms with Crippen LogP contribution in [0.4, 0.5) is 0 Å². The molecule has 2 aromatic carbocycles. The summed E-state index contributed by atoms with van der Waals surface area (Å²) in [6.45, 7) is 4.40. The van der Waals surface area contributed by atoms with Crippen LogP contribution >= 0.6 is 22.9 Å². The molecule has 37 heavy (non-hydrogen) atoms. The Morgan fingerprint density at radius 2 is 1.92 bits per heavy atom. The Morgan fingerprint density at radius 3 is 2.59 bits per heavy atom. The number of carbonyl (C=O) groups excluding carboxylic acids is 1. The molecule has 0 saturated carbocycles. The summed E-state index contributed by atoms with van der Waals surface area (Å²) in [4.78, 5) is 32.1. The van der Waals surface area contributed by atoms with Gasteiger partial charge >= 0.3 is 5.97 Å². The third-order valence-electron chi connectivity index (χ3n) is 5.75. The number of hydrogen-bond acceptors (Lipinski definition) is 8. The number of allylic oxidation sites excluding steroid dienone is 1. The van der Waals surface area contributed by atoms with Crippen molar-refractivity contribution in [1.29, 1.82) is 0 Å². The molecule has 0 N–H and O–H groups in total. The molecule has 1 atom stereocenters. The van der Waals surface area contributed by atoms with Crippen LogP contribution in [0, 0.1) is 0 Å². The number of para-hydroxylation sites is 1. The molecule has 10 heteroatoms. The van der Waals surface area contributed by atoms with Crippen LogP contribution in [0.2, 0.25) is 5.02 Å². The summed E-state index contributed by atoms with van der Waals surface area (Å²) >= 11 is 7.36. The highest BCUT2D eigenvalue weighted by Crippen LogP contribution is 2.33. The van der Waals surface area contributed by atoms with Gasteiger partial charge in [0.2, 0.25) is 0 Å². The van der Waals surface area contributed by atoms with Gasteiger partial charge in [-0.1, -0.05) is 47.2 Å². The molecule has 1 aliphatic rings. The quantitative estimate of drug-likeness (QED) is 0.304. The van der Waals surface area contributed by atoms with Crippen molar-refractivity contribution in [3.8, 4) is 11.5 Å². The lowest BCUT2D eigenvalue weighted by molar-refractivity contribution is -0.140. The highest BCUT2D eigenvalue weighted by Gasteiger charge is 2.33. The number of rotatable bonds is 9. The molecular weight excluding hydrogens is 516 g/mol. The van der Waals surface area contributed by atoms with Gasteiger partial charge in [0.1, 0.15) is 6.61 Å². The Balaban J connectivity index is 1.90. The number of halogens is 1. The molecule has 3 aromatic rings. The van der Waals surface area contributed by atoms with E-state index in [2.05, 4.69) is 4.99 Å². The first kappa shape index (κ1) is 26.7. The van der Waals surface area contributed by atoms with Gasteiger partial charge in [0, 0.05) is 17.7 Å². The first-order valence-corrected chi connectivity index (χ1v) is 12.8. The van der Waals surface area contributed by atoms with Gasteiger partial charge in [-0.25, -0.2) is 9.79 Å². The largest absolute Gasteiger partial charge is 0.493 e. The molecule has 1 aliphatic heterocycles. The number of methoxy groups -OCH3 is 2. The molecule has 0 amide bonds. The van der Waals surface area contributed by atoms with Crippen molar-refractivity contribution in [2.24, 2.45) is 4.99 Å². The number of esters is 1. The zero-order valence-electron chi connectivity index (χ0n) is 20.9. The van der Waals surface area contributed by atoms with Crippen LogP contribution < -0.4 is 24.4 Å². The van der Waals surface area contributed by atoms with Gasteiger partial charge < -0.3 is 18.9 Å². The summed E-state index contributed by atoms with van der Waals surface area (Å²) in [6.07, 6.45) is 1.76. The van der Waals surface area contributed by atoms with Crippen molar-refractivity contribution in [3.05, 3.63) is 89.6 Å². The summed E-state index contributed by atoms with van der Waals surface area (Å²) < 4.78 is 23.7. The van der Waals surface area contributed by atoms with Crippen LogP contribution in [0.15, 0.2) is 63.5 Å². The van der Waals surface area contributed by atoms with Crippen molar-refractivity contribution in [2.45, 2.75) is 19.9 Å². The van der Waals surface area contributed by atoms with Crippen molar-refractivity contribution in [1.82, 2.24) is 4.57 Å². The second-order valence-corrected chi connectivity index (χ2v) is 9.52. The van der Waals surface area contributed by atoms with E-state index >= 15 is 0 Å². The molecule has 0 spiro atoms. The average molecular weight is 543 g/mol. The van der Waals surface area contributed by atoms with Crippen LogP contribution in [-0.4, -0.2) is 44.6 Å². The maximum Gasteiger partial charge on any atom is 0.338 e. The lowest BCUT2D eigenvalue weighted by Gasteiger charge is -2.24. The lowest BCUT2D eigenvalue weighted by atomic mass is 9.96. The molecular formula is C27H27ClN2O6S. The summed E-state index contributed by atoms with van der Waals surface area (Å²) in [5.41, 5.74) is 1.88. The van der Waals surface area contributed by atoms with Crippen molar-refractivity contribution in [3.63, 3.8) is 0 Å². The third kappa shape index (κ3) is 5.49. The van der Waals surface area contributed by atoms with Crippen molar-refractivity contribution < 1.29 is 23.7 Å². The number of ether oxygens (including phenoxy) is 4. The molecule has 0 aliphatic carbocycles. The van der Waals surface area contributed by atoms with E-state index in [4.69, 9.17) is 30.5 Å². The van der Waals surface area contributed by atoms with Gasteiger partial charge in [0.05, 0.1) is 42.2 Å². The maximum atomic E-state index is 13.8. The first-order valence-electron chi connectivity index (χ1n) is 11.6. The molecule has 194 valence electrons. The molecule has 2 heterocycles. The summed E-state index contributed by atoms with van der Waals surface area (Å²) in [6, 6.07) is 11.8. The molecule has 0 radical (unpaired) electrons. The second kappa shape index (κ2) is 11.8.